The van der Waals surface area contributed by atoms with Crippen LogP contribution in [0.25, 0.3) is 0 Å². The van der Waals surface area contributed by atoms with Crippen LogP contribution in [0.3, 0.4) is 0 Å². The van der Waals surface area contributed by atoms with Crippen LogP contribution in [0.5, 0.6) is 0 Å². The van der Waals surface area contributed by atoms with Crippen LogP contribution < -0.4 is 5.73 Å². The molecule has 1 saturated heterocycles. The molecule has 82 valence electrons. The molecule has 1 aliphatic carbocycles. The number of rotatable bonds is 1. The zero-order chi connectivity index (χ0) is 10.3. The highest BCUT2D eigenvalue weighted by molar-refractivity contribution is 4.96. The van der Waals surface area contributed by atoms with Gasteiger partial charge in [-0.25, -0.2) is 0 Å². The summed E-state index contributed by atoms with van der Waals surface area (Å²) in [6, 6.07) is 1.84. The summed E-state index contributed by atoms with van der Waals surface area (Å²) in [7, 11) is 0. The summed E-state index contributed by atoms with van der Waals surface area (Å²) in [5.41, 5.74) is 6.12. The molecule has 0 aromatic heterocycles. The van der Waals surface area contributed by atoms with Gasteiger partial charge in [0, 0.05) is 18.1 Å². The first-order chi connectivity index (χ1) is 6.61. The van der Waals surface area contributed by atoms with Crippen LogP contribution in [0.2, 0.25) is 0 Å². The van der Waals surface area contributed by atoms with Gasteiger partial charge in [0.25, 0.3) is 0 Å². The Balaban J connectivity index is 1.97. The van der Waals surface area contributed by atoms with E-state index in [-0.39, 0.29) is 0 Å². The summed E-state index contributed by atoms with van der Waals surface area (Å²) >= 11 is 0. The predicted molar refractivity (Wildman–Crippen MR) is 60.1 cm³/mol. The third kappa shape index (κ3) is 1.59. The van der Waals surface area contributed by atoms with Crippen molar-refractivity contribution in [2.24, 2.45) is 17.6 Å². The molecule has 1 heterocycles. The van der Waals surface area contributed by atoms with E-state index in [0.717, 1.165) is 17.9 Å². The summed E-state index contributed by atoms with van der Waals surface area (Å²) in [6.45, 7) is 8.34. The Kier molecular flexibility index (Phi) is 2.85. The minimum absolute atomic E-state index is 0.409. The smallest absolute Gasteiger partial charge is 0.0221 e. The molecule has 14 heavy (non-hydrogen) atoms. The van der Waals surface area contributed by atoms with Crippen LogP contribution >= 0.6 is 0 Å². The zero-order valence-corrected chi connectivity index (χ0v) is 9.74. The first kappa shape index (κ1) is 10.4. The monoisotopic (exact) mass is 196 g/mol. The molecule has 2 N–H and O–H groups in total. The van der Waals surface area contributed by atoms with Gasteiger partial charge in [0.1, 0.15) is 0 Å². The molecule has 5 unspecified atom stereocenters. The molecule has 0 radical (unpaired) electrons. The Bertz CT molecular complexity index is 204. The standard InChI is InChI=1S/C12H24N2/c1-8-7-12(9(8)2)14-6-4-5-11(13)10(14)3/h8-12H,4-7,13H2,1-3H3. The Morgan fingerprint density at radius 3 is 2.50 bits per heavy atom. The highest BCUT2D eigenvalue weighted by atomic mass is 15.2. The molecule has 1 saturated carbocycles. The Morgan fingerprint density at radius 1 is 1.21 bits per heavy atom. The van der Waals surface area contributed by atoms with Gasteiger partial charge in [0.15, 0.2) is 0 Å². The summed E-state index contributed by atoms with van der Waals surface area (Å²) < 4.78 is 0. The van der Waals surface area contributed by atoms with Gasteiger partial charge < -0.3 is 5.73 Å². The average molecular weight is 196 g/mol. The number of hydrogen-bond acceptors (Lipinski definition) is 2. The molecule has 2 aliphatic rings. The van der Waals surface area contributed by atoms with Gasteiger partial charge in [-0.2, -0.15) is 0 Å². The average Bonchev–Trinajstić information content (AvgIpc) is 2.19. The number of nitrogens with zero attached hydrogens (tertiary/aromatic N) is 1. The van der Waals surface area contributed by atoms with Crippen molar-refractivity contribution in [3.8, 4) is 0 Å². The second-order valence-corrected chi connectivity index (χ2v) is 5.42. The Hall–Kier alpha value is -0.0800. The van der Waals surface area contributed by atoms with Crippen molar-refractivity contribution in [3.05, 3.63) is 0 Å². The second kappa shape index (κ2) is 3.82. The van der Waals surface area contributed by atoms with E-state index < -0.39 is 0 Å². The van der Waals surface area contributed by atoms with E-state index in [2.05, 4.69) is 25.7 Å². The number of likely N-dealkylation sites (tertiary alicyclic amines) is 1. The predicted octanol–water partition coefficient (Wildman–Crippen LogP) is 1.84. The molecule has 2 rings (SSSR count). The number of piperidine rings is 1. The van der Waals surface area contributed by atoms with Crippen LogP contribution in [-0.2, 0) is 0 Å². The second-order valence-electron chi connectivity index (χ2n) is 5.42. The van der Waals surface area contributed by atoms with Crippen molar-refractivity contribution in [3.63, 3.8) is 0 Å². The van der Waals surface area contributed by atoms with Gasteiger partial charge in [-0.3, -0.25) is 4.90 Å². The van der Waals surface area contributed by atoms with Gasteiger partial charge >= 0.3 is 0 Å². The molecule has 5 atom stereocenters. The van der Waals surface area contributed by atoms with Crippen molar-refractivity contribution < 1.29 is 0 Å². The third-order valence-electron chi connectivity index (χ3n) is 4.64. The quantitative estimate of drug-likeness (QED) is 0.693. The van der Waals surface area contributed by atoms with Gasteiger partial charge in [0.05, 0.1) is 0 Å². The van der Waals surface area contributed by atoms with Crippen molar-refractivity contribution in [2.45, 2.75) is 58.2 Å². The van der Waals surface area contributed by atoms with Gasteiger partial charge in [-0.05, 0) is 44.6 Å². The first-order valence-corrected chi connectivity index (χ1v) is 6.12. The lowest BCUT2D eigenvalue weighted by Crippen LogP contribution is -2.60. The van der Waals surface area contributed by atoms with Crippen molar-refractivity contribution in [1.29, 1.82) is 0 Å². The number of nitrogens with two attached hydrogens (primary N) is 1. The highest BCUT2D eigenvalue weighted by Crippen LogP contribution is 2.39. The maximum atomic E-state index is 6.12. The fraction of sp³-hybridized carbons (Fsp3) is 1.00. The molecule has 0 spiro atoms. The van der Waals surface area contributed by atoms with Gasteiger partial charge in [0.2, 0.25) is 0 Å². The summed E-state index contributed by atoms with van der Waals surface area (Å²) in [6.07, 6.45) is 3.90. The Labute approximate surface area is 87.8 Å². The van der Waals surface area contributed by atoms with Crippen molar-refractivity contribution >= 4 is 0 Å². The van der Waals surface area contributed by atoms with Crippen LogP contribution in [0.1, 0.15) is 40.0 Å². The molecule has 1 aliphatic heterocycles. The number of hydrogen-bond donors (Lipinski definition) is 1. The maximum Gasteiger partial charge on any atom is 0.0221 e. The van der Waals surface area contributed by atoms with Crippen molar-refractivity contribution in [1.82, 2.24) is 4.90 Å². The van der Waals surface area contributed by atoms with Gasteiger partial charge in [-0.15, -0.1) is 0 Å². The van der Waals surface area contributed by atoms with Crippen LogP contribution in [0, 0.1) is 11.8 Å². The van der Waals surface area contributed by atoms with Gasteiger partial charge in [-0.1, -0.05) is 13.8 Å². The van der Waals surface area contributed by atoms with E-state index in [1.807, 2.05) is 0 Å². The van der Waals surface area contributed by atoms with E-state index in [9.17, 15) is 0 Å². The minimum Gasteiger partial charge on any atom is -0.326 e. The lowest BCUT2D eigenvalue weighted by molar-refractivity contribution is -0.0217. The molecule has 2 fully saturated rings. The summed E-state index contributed by atoms with van der Waals surface area (Å²) in [5.74, 6) is 1.80. The summed E-state index contributed by atoms with van der Waals surface area (Å²) in [5, 5.41) is 0. The largest absolute Gasteiger partial charge is 0.326 e. The molecule has 0 aromatic carbocycles. The molecule has 0 aromatic rings. The zero-order valence-electron chi connectivity index (χ0n) is 9.74. The van der Waals surface area contributed by atoms with Crippen LogP contribution in [-0.4, -0.2) is 29.6 Å². The topological polar surface area (TPSA) is 29.3 Å². The molecule has 0 amide bonds. The first-order valence-electron chi connectivity index (χ1n) is 6.12. The highest BCUT2D eigenvalue weighted by Gasteiger charge is 2.41. The van der Waals surface area contributed by atoms with E-state index in [1.54, 1.807) is 0 Å². The lowest BCUT2D eigenvalue weighted by atomic mass is 9.69. The SMILES string of the molecule is CC1CC(N2CCCC(N)C2C)C1C. The molecular formula is C12H24N2. The molecule has 2 heteroatoms. The van der Waals surface area contributed by atoms with E-state index in [0.29, 0.717) is 12.1 Å². The maximum absolute atomic E-state index is 6.12. The van der Waals surface area contributed by atoms with Crippen LogP contribution in [0.4, 0.5) is 0 Å². The normalized spacial score (nSPS) is 50.1. The van der Waals surface area contributed by atoms with Crippen molar-refractivity contribution in [2.75, 3.05) is 6.54 Å². The molecule has 2 nitrogen and oxygen atoms in total. The Morgan fingerprint density at radius 2 is 1.93 bits per heavy atom. The minimum atomic E-state index is 0.409. The third-order valence-corrected chi connectivity index (χ3v) is 4.64. The van der Waals surface area contributed by atoms with E-state index >= 15 is 0 Å². The summed E-state index contributed by atoms with van der Waals surface area (Å²) in [4.78, 5) is 2.67. The fourth-order valence-corrected chi connectivity index (χ4v) is 3.10. The fourth-order valence-electron chi connectivity index (χ4n) is 3.10. The molecule has 0 bridgehead atoms. The lowest BCUT2D eigenvalue weighted by Gasteiger charge is -2.52. The van der Waals surface area contributed by atoms with E-state index in [4.69, 9.17) is 5.73 Å². The van der Waals surface area contributed by atoms with E-state index in [1.165, 1.54) is 25.8 Å². The molecular weight excluding hydrogens is 172 g/mol. The van der Waals surface area contributed by atoms with Crippen LogP contribution in [0.15, 0.2) is 0 Å².